The highest BCUT2D eigenvalue weighted by Crippen LogP contribution is 2.37. The molecule has 0 spiro atoms. The van der Waals surface area contributed by atoms with Gasteiger partial charge in [0, 0.05) is 18.0 Å². The lowest BCUT2D eigenvalue weighted by Gasteiger charge is -2.21. The first-order valence-corrected chi connectivity index (χ1v) is 12.0. The van der Waals surface area contributed by atoms with E-state index in [4.69, 9.17) is 9.84 Å². The van der Waals surface area contributed by atoms with Crippen molar-refractivity contribution in [2.24, 2.45) is 0 Å². The fourth-order valence-electron chi connectivity index (χ4n) is 4.40. The van der Waals surface area contributed by atoms with Gasteiger partial charge in [-0.05, 0) is 48.7 Å². The van der Waals surface area contributed by atoms with Gasteiger partial charge in [0.25, 0.3) is 0 Å². The maximum absolute atomic E-state index is 14.9. The van der Waals surface area contributed by atoms with Crippen molar-refractivity contribution in [3.63, 3.8) is 0 Å². The van der Waals surface area contributed by atoms with Crippen LogP contribution in [0.3, 0.4) is 0 Å². The van der Waals surface area contributed by atoms with Crippen LogP contribution < -0.4 is 4.74 Å². The van der Waals surface area contributed by atoms with Gasteiger partial charge in [-0.1, -0.05) is 24.3 Å². The van der Waals surface area contributed by atoms with Gasteiger partial charge < -0.3 is 19.8 Å². The molecule has 0 aliphatic carbocycles. The molecule has 0 saturated heterocycles. The lowest BCUT2D eigenvalue weighted by Crippen LogP contribution is -2.22. The van der Waals surface area contributed by atoms with E-state index in [2.05, 4.69) is 21.0 Å². The molecule has 5 rings (SSSR count). The van der Waals surface area contributed by atoms with Gasteiger partial charge in [-0.15, -0.1) is 0 Å². The van der Waals surface area contributed by atoms with E-state index in [1.165, 1.54) is 18.5 Å². The zero-order valence-electron chi connectivity index (χ0n) is 20.9. The summed E-state index contributed by atoms with van der Waals surface area (Å²) in [6, 6.07) is 13.7. The number of halogens is 4. The molecule has 0 aliphatic heterocycles. The standard InChI is InChI=1S/C29H20F4N4O3/c1-29(14-34,16-4-2-3-15(11-16)5-8-22(38)39)21-13-36-28(37-21)19-12-17(6-7-20(19)30)40-27-23(31)18-9-10-35-26(18)24(32)25(27)33/h2-4,6-7,9-13,35H,5,8H2,1H3,(H,36,37)(H,38,39). The Bertz CT molecular complexity index is 1810. The number of nitrogens with zero attached hydrogens (tertiary/aromatic N) is 2. The van der Waals surface area contributed by atoms with E-state index < -0.39 is 40.4 Å². The second-order valence-corrected chi connectivity index (χ2v) is 9.26. The summed E-state index contributed by atoms with van der Waals surface area (Å²) < 4.78 is 64.1. The first-order chi connectivity index (χ1) is 19.1. The Hall–Kier alpha value is -5.11. The average Bonchev–Trinajstić information content (AvgIpc) is 3.65. The van der Waals surface area contributed by atoms with E-state index in [1.54, 1.807) is 31.2 Å². The van der Waals surface area contributed by atoms with Crippen molar-refractivity contribution in [3.05, 3.63) is 101 Å². The number of fused-ring (bicyclic) bond motifs is 1. The number of hydrogen-bond donors (Lipinski definition) is 3. The van der Waals surface area contributed by atoms with Gasteiger partial charge in [-0.2, -0.15) is 9.65 Å². The molecule has 3 N–H and O–H groups in total. The molecule has 3 aromatic carbocycles. The first kappa shape index (κ1) is 26.5. The monoisotopic (exact) mass is 548 g/mol. The largest absolute Gasteiger partial charge is 0.481 e. The number of carboxylic acid groups (broad SMARTS) is 1. The number of carbonyl (C=O) groups is 1. The van der Waals surface area contributed by atoms with Gasteiger partial charge in [0.05, 0.1) is 29.0 Å². The molecule has 0 bridgehead atoms. The third-order valence-corrected chi connectivity index (χ3v) is 6.68. The van der Waals surface area contributed by atoms with Crippen LogP contribution >= 0.6 is 0 Å². The topological polar surface area (TPSA) is 115 Å². The van der Waals surface area contributed by atoms with E-state index in [-0.39, 0.29) is 40.9 Å². The summed E-state index contributed by atoms with van der Waals surface area (Å²) in [5.41, 5.74) is -0.112. The van der Waals surface area contributed by atoms with Crippen LogP contribution in [0, 0.1) is 34.6 Å². The lowest BCUT2D eigenvalue weighted by atomic mass is 9.80. The minimum Gasteiger partial charge on any atom is -0.481 e. The quantitative estimate of drug-likeness (QED) is 0.147. The van der Waals surface area contributed by atoms with Crippen LogP contribution in [0.25, 0.3) is 22.3 Å². The lowest BCUT2D eigenvalue weighted by molar-refractivity contribution is -0.136. The number of benzene rings is 3. The van der Waals surface area contributed by atoms with Crippen LogP contribution in [0.4, 0.5) is 17.6 Å². The Morgan fingerprint density at radius 2 is 1.90 bits per heavy atom. The van der Waals surface area contributed by atoms with Crippen LogP contribution in [0.1, 0.15) is 30.2 Å². The normalized spacial score (nSPS) is 12.7. The number of carboxylic acids is 1. The second-order valence-electron chi connectivity index (χ2n) is 9.26. The third kappa shape index (κ3) is 4.64. The van der Waals surface area contributed by atoms with Crippen LogP contribution in [0.2, 0.25) is 0 Å². The number of ether oxygens (including phenoxy) is 1. The Balaban J connectivity index is 1.48. The summed E-state index contributed by atoms with van der Waals surface area (Å²) in [6.45, 7) is 1.63. The van der Waals surface area contributed by atoms with Gasteiger partial charge in [-0.25, -0.2) is 18.2 Å². The molecule has 0 saturated carbocycles. The zero-order valence-corrected chi connectivity index (χ0v) is 20.9. The van der Waals surface area contributed by atoms with Crippen molar-refractivity contribution in [3.8, 4) is 29.0 Å². The van der Waals surface area contributed by atoms with Gasteiger partial charge in [0.2, 0.25) is 11.6 Å². The van der Waals surface area contributed by atoms with E-state index in [1.807, 2.05) is 0 Å². The SMILES string of the molecule is CC(C#N)(c1cccc(CCC(=O)O)c1)c1cnc(-c2cc(Oc3c(F)c(F)c4[nH]ccc4c3F)ccc2F)[nH]1. The number of aromatic nitrogens is 3. The Morgan fingerprint density at radius 1 is 1.10 bits per heavy atom. The first-order valence-electron chi connectivity index (χ1n) is 12.0. The molecule has 1 atom stereocenters. The van der Waals surface area contributed by atoms with Gasteiger partial charge in [0.1, 0.15) is 22.8 Å². The maximum atomic E-state index is 14.9. The number of hydrogen-bond acceptors (Lipinski definition) is 4. The Morgan fingerprint density at radius 3 is 2.65 bits per heavy atom. The average molecular weight is 548 g/mol. The summed E-state index contributed by atoms with van der Waals surface area (Å²) >= 11 is 0. The molecule has 0 fully saturated rings. The molecular formula is C29H20F4N4O3. The molecule has 0 amide bonds. The highest BCUT2D eigenvalue weighted by atomic mass is 19.2. The van der Waals surface area contributed by atoms with Crippen molar-refractivity contribution < 1.29 is 32.2 Å². The third-order valence-electron chi connectivity index (χ3n) is 6.68. The molecule has 2 heterocycles. The minimum atomic E-state index is -1.55. The molecule has 2 aromatic heterocycles. The summed E-state index contributed by atoms with van der Waals surface area (Å²) in [4.78, 5) is 20.5. The maximum Gasteiger partial charge on any atom is 0.303 e. The van der Waals surface area contributed by atoms with E-state index in [9.17, 15) is 27.6 Å². The van der Waals surface area contributed by atoms with Crippen LogP contribution in [0.15, 0.2) is 60.9 Å². The highest BCUT2D eigenvalue weighted by molar-refractivity contribution is 5.82. The minimum absolute atomic E-state index is 0.00895. The van der Waals surface area contributed by atoms with Gasteiger partial charge in [0.15, 0.2) is 11.6 Å². The summed E-state index contributed by atoms with van der Waals surface area (Å²) in [5.74, 6) is -6.84. The number of rotatable bonds is 8. The van der Waals surface area contributed by atoms with E-state index in [0.717, 1.165) is 23.8 Å². The molecule has 40 heavy (non-hydrogen) atoms. The Labute approximate surface area is 224 Å². The number of nitrogens with one attached hydrogen (secondary N) is 2. The predicted molar refractivity (Wildman–Crippen MR) is 137 cm³/mol. The van der Waals surface area contributed by atoms with Crippen molar-refractivity contribution in [1.29, 1.82) is 5.26 Å². The molecule has 202 valence electrons. The van der Waals surface area contributed by atoms with Gasteiger partial charge >= 0.3 is 5.97 Å². The van der Waals surface area contributed by atoms with Crippen molar-refractivity contribution in [2.45, 2.75) is 25.2 Å². The molecule has 0 radical (unpaired) electrons. The molecule has 5 aromatic rings. The second kappa shape index (κ2) is 10.2. The smallest absolute Gasteiger partial charge is 0.303 e. The van der Waals surface area contributed by atoms with Crippen LogP contribution in [-0.4, -0.2) is 26.0 Å². The molecular weight excluding hydrogens is 528 g/mol. The molecule has 1 unspecified atom stereocenters. The fourth-order valence-corrected chi connectivity index (χ4v) is 4.40. The van der Waals surface area contributed by atoms with Crippen molar-refractivity contribution in [2.75, 3.05) is 0 Å². The number of aromatic amines is 2. The molecule has 7 nitrogen and oxygen atoms in total. The number of nitriles is 1. The fraction of sp³-hybridized carbons (Fsp3) is 0.138. The summed E-state index contributed by atoms with van der Waals surface area (Å²) in [5, 5.41) is 18.9. The van der Waals surface area contributed by atoms with Crippen molar-refractivity contribution >= 4 is 16.9 Å². The Kier molecular flexibility index (Phi) is 6.77. The number of aryl methyl sites for hydroxylation is 1. The number of imidazole rings is 1. The van der Waals surface area contributed by atoms with Crippen LogP contribution in [0.5, 0.6) is 11.5 Å². The van der Waals surface area contributed by atoms with E-state index in [0.29, 0.717) is 11.3 Å². The number of H-pyrrole nitrogens is 2. The summed E-state index contributed by atoms with van der Waals surface area (Å²) in [7, 11) is 0. The van der Waals surface area contributed by atoms with Crippen molar-refractivity contribution in [1.82, 2.24) is 15.0 Å². The zero-order chi connectivity index (χ0) is 28.6. The van der Waals surface area contributed by atoms with Crippen LogP contribution in [-0.2, 0) is 16.6 Å². The van der Waals surface area contributed by atoms with Gasteiger partial charge in [-0.3, -0.25) is 4.79 Å². The molecule has 11 heteroatoms. The molecule has 0 aliphatic rings. The predicted octanol–water partition coefficient (Wildman–Crippen LogP) is 6.75. The highest BCUT2D eigenvalue weighted by Gasteiger charge is 2.32. The number of aliphatic carboxylic acids is 1. The van der Waals surface area contributed by atoms with E-state index >= 15 is 0 Å². The summed E-state index contributed by atoms with van der Waals surface area (Å²) in [6.07, 6.45) is 2.83.